The Bertz CT molecular complexity index is 680. The van der Waals surface area contributed by atoms with Crippen LogP contribution >= 0.6 is 0 Å². The van der Waals surface area contributed by atoms with Gasteiger partial charge in [0.1, 0.15) is 5.75 Å². The second kappa shape index (κ2) is 7.98. The molecule has 5 heteroatoms. The fraction of sp³-hybridized carbons (Fsp3) is 0.222. The topological polar surface area (TPSA) is 64.6 Å². The maximum atomic E-state index is 12.1. The number of hydrogen-bond acceptors (Lipinski definition) is 4. The highest BCUT2D eigenvalue weighted by molar-refractivity contribution is 5.96. The van der Waals surface area contributed by atoms with Crippen LogP contribution in [0.3, 0.4) is 0 Å². The van der Waals surface area contributed by atoms with E-state index in [1.54, 1.807) is 31.4 Å². The highest BCUT2D eigenvalue weighted by Gasteiger charge is 2.09. The number of esters is 1. The summed E-state index contributed by atoms with van der Waals surface area (Å²) in [5.41, 5.74) is 1.95. The zero-order chi connectivity index (χ0) is 16.7. The standard InChI is InChI=1S/C18H19NO4/c1-22-16-6-4-3-5-13(16)11-12-19-17(20)14-7-9-15(10-8-14)18(21)23-2/h3-10H,11-12H2,1-2H3,(H,19,20). The molecule has 0 atom stereocenters. The van der Waals surface area contributed by atoms with E-state index in [2.05, 4.69) is 10.1 Å². The Hall–Kier alpha value is -2.82. The van der Waals surface area contributed by atoms with Crippen molar-refractivity contribution in [2.45, 2.75) is 6.42 Å². The molecule has 0 aliphatic heterocycles. The first kappa shape index (κ1) is 16.5. The Kier molecular flexibility index (Phi) is 5.74. The van der Waals surface area contributed by atoms with Crippen LogP contribution in [0.15, 0.2) is 48.5 Å². The molecule has 0 aliphatic rings. The monoisotopic (exact) mass is 313 g/mol. The van der Waals surface area contributed by atoms with Crippen molar-refractivity contribution in [2.75, 3.05) is 20.8 Å². The molecule has 1 N–H and O–H groups in total. The van der Waals surface area contributed by atoms with Gasteiger partial charge in [-0.1, -0.05) is 18.2 Å². The van der Waals surface area contributed by atoms with Gasteiger partial charge in [0.05, 0.1) is 19.8 Å². The van der Waals surface area contributed by atoms with Crippen LogP contribution in [0, 0.1) is 0 Å². The molecule has 2 aromatic rings. The Labute approximate surface area is 135 Å². The number of ether oxygens (including phenoxy) is 2. The number of benzene rings is 2. The van der Waals surface area contributed by atoms with Gasteiger partial charge in [0, 0.05) is 12.1 Å². The number of para-hydroxylation sites is 1. The summed E-state index contributed by atoms with van der Waals surface area (Å²) >= 11 is 0. The molecule has 0 aliphatic carbocycles. The van der Waals surface area contributed by atoms with Crippen molar-refractivity contribution in [2.24, 2.45) is 0 Å². The maximum absolute atomic E-state index is 12.1. The van der Waals surface area contributed by atoms with Gasteiger partial charge >= 0.3 is 5.97 Å². The Balaban J connectivity index is 1.91. The maximum Gasteiger partial charge on any atom is 0.337 e. The van der Waals surface area contributed by atoms with Gasteiger partial charge < -0.3 is 14.8 Å². The molecule has 0 fully saturated rings. The molecule has 2 aromatic carbocycles. The van der Waals surface area contributed by atoms with Crippen LogP contribution in [0.2, 0.25) is 0 Å². The Morgan fingerprint density at radius 1 is 0.957 bits per heavy atom. The van der Waals surface area contributed by atoms with E-state index in [0.29, 0.717) is 24.1 Å². The number of methoxy groups -OCH3 is 2. The second-order valence-electron chi connectivity index (χ2n) is 4.89. The molecular formula is C18H19NO4. The first-order valence-corrected chi connectivity index (χ1v) is 7.24. The van der Waals surface area contributed by atoms with E-state index in [1.807, 2.05) is 24.3 Å². The molecule has 5 nitrogen and oxygen atoms in total. The number of rotatable bonds is 6. The van der Waals surface area contributed by atoms with Crippen molar-refractivity contribution in [1.29, 1.82) is 0 Å². The van der Waals surface area contributed by atoms with Gasteiger partial charge in [0.2, 0.25) is 0 Å². The summed E-state index contributed by atoms with van der Waals surface area (Å²) in [7, 11) is 2.95. The third-order valence-electron chi connectivity index (χ3n) is 3.44. The molecule has 0 spiro atoms. The van der Waals surface area contributed by atoms with Crippen molar-refractivity contribution in [1.82, 2.24) is 5.32 Å². The Morgan fingerprint density at radius 3 is 2.26 bits per heavy atom. The quantitative estimate of drug-likeness (QED) is 0.832. The van der Waals surface area contributed by atoms with Gasteiger partial charge in [-0.25, -0.2) is 4.79 Å². The molecule has 2 rings (SSSR count). The van der Waals surface area contributed by atoms with Crippen LogP contribution in [-0.4, -0.2) is 32.6 Å². The van der Waals surface area contributed by atoms with E-state index < -0.39 is 5.97 Å². The molecule has 120 valence electrons. The zero-order valence-corrected chi connectivity index (χ0v) is 13.2. The van der Waals surface area contributed by atoms with Crippen LogP contribution in [0.4, 0.5) is 0 Å². The van der Waals surface area contributed by atoms with E-state index in [-0.39, 0.29) is 5.91 Å². The van der Waals surface area contributed by atoms with Crippen LogP contribution in [0.25, 0.3) is 0 Å². The average Bonchev–Trinajstić information content (AvgIpc) is 2.61. The fourth-order valence-corrected chi connectivity index (χ4v) is 2.20. The average molecular weight is 313 g/mol. The lowest BCUT2D eigenvalue weighted by atomic mass is 10.1. The smallest absolute Gasteiger partial charge is 0.337 e. The third kappa shape index (κ3) is 4.32. The van der Waals surface area contributed by atoms with Crippen molar-refractivity contribution in [3.8, 4) is 5.75 Å². The summed E-state index contributed by atoms with van der Waals surface area (Å²) in [6, 6.07) is 14.0. The Morgan fingerprint density at radius 2 is 1.61 bits per heavy atom. The molecule has 0 saturated carbocycles. The summed E-state index contributed by atoms with van der Waals surface area (Å²) in [6.07, 6.45) is 0.677. The van der Waals surface area contributed by atoms with Crippen LogP contribution in [0.5, 0.6) is 5.75 Å². The number of amides is 1. The molecule has 0 aromatic heterocycles. The summed E-state index contributed by atoms with van der Waals surface area (Å²) in [5, 5.41) is 2.85. The van der Waals surface area contributed by atoms with Crippen molar-refractivity contribution in [3.63, 3.8) is 0 Å². The summed E-state index contributed by atoms with van der Waals surface area (Å²) in [5.74, 6) is 0.202. The molecule has 0 heterocycles. The van der Waals surface area contributed by atoms with Gasteiger partial charge in [0.25, 0.3) is 5.91 Å². The van der Waals surface area contributed by atoms with Crippen molar-refractivity contribution >= 4 is 11.9 Å². The van der Waals surface area contributed by atoms with Gasteiger partial charge in [-0.15, -0.1) is 0 Å². The zero-order valence-electron chi connectivity index (χ0n) is 13.2. The molecule has 1 amide bonds. The van der Waals surface area contributed by atoms with Crippen molar-refractivity contribution < 1.29 is 19.1 Å². The molecule has 23 heavy (non-hydrogen) atoms. The van der Waals surface area contributed by atoms with E-state index in [9.17, 15) is 9.59 Å². The van der Waals surface area contributed by atoms with Crippen LogP contribution in [-0.2, 0) is 11.2 Å². The van der Waals surface area contributed by atoms with Crippen LogP contribution in [0.1, 0.15) is 26.3 Å². The summed E-state index contributed by atoms with van der Waals surface area (Å²) < 4.78 is 9.90. The molecule has 0 radical (unpaired) electrons. The van der Waals surface area contributed by atoms with Crippen LogP contribution < -0.4 is 10.1 Å². The van der Waals surface area contributed by atoms with Gasteiger partial charge in [-0.3, -0.25) is 4.79 Å². The number of hydrogen-bond donors (Lipinski definition) is 1. The number of carbonyl (C=O) groups is 2. The molecule has 0 unspecified atom stereocenters. The fourth-order valence-electron chi connectivity index (χ4n) is 2.20. The van der Waals surface area contributed by atoms with Gasteiger partial charge in [0.15, 0.2) is 0 Å². The lowest BCUT2D eigenvalue weighted by Crippen LogP contribution is -2.25. The predicted molar refractivity (Wildman–Crippen MR) is 86.8 cm³/mol. The first-order chi connectivity index (χ1) is 11.2. The minimum absolute atomic E-state index is 0.184. The minimum atomic E-state index is -0.423. The third-order valence-corrected chi connectivity index (χ3v) is 3.44. The lowest BCUT2D eigenvalue weighted by Gasteiger charge is -2.09. The summed E-state index contributed by atoms with van der Waals surface area (Å²) in [6.45, 7) is 0.498. The molecule has 0 saturated heterocycles. The van der Waals surface area contributed by atoms with E-state index >= 15 is 0 Å². The number of carbonyl (C=O) groups excluding carboxylic acids is 2. The molecule has 0 bridgehead atoms. The van der Waals surface area contributed by atoms with Gasteiger partial charge in [-0.2, -0.15) is 0 Å². The highest BCUT2D eigenvalue weighted by Crippen LogP contribution is 2.17. The SMILES string of the molecule is COC(=O)c1ccc(C(=O)NCCc2ccccc2OC)cc1. The van der Waals surface area contributed by atoms with E-state index in [4.69, 9.17) is 4.74 Å². The first-order valence-electron chi connectivity index (χ1n) is 7.24. The van der Waals surface area contributed by atoms with Crippen molar-refractivity contribution in [3.05, 3.63) is 65.2 Å². The second-order valence-corrected chi connectivity index (χ2v) is 4.89. The largest absolute Gasteiger partial charge is 0.496 e. The predicted octanol–water partition coefficient (Wildman–Crippen LogP) is 2.45. The highest BCUT2D eigenvalue weighted by atomic mass is 16.5. The minimum Gasteiger partial charge on any atom is -0.496 e. The van der Waals surface area contributed by atoms with Gasteiger partial charge in [-0.05, 0) is 42.3 Å². The summed E-state index contributed by atoms with van der Waals surface area (Å²) in [4.78, 5) is 23.4. The number of nitrogens with one attached hydrogen (secondary N) is 1. The van der Waals surface area contributed by atoms with E-state index in [0.717, 1.165) is 11.3 Å². The molecular weight excluding hydrogens is 294 g/mol. The normalized spacial score (nSPS) is 10.0. The van der Waals surface area contributed by atoms with E-state index in [1.165, 1.54) is 7.11 Å². The lowest BCUT2D eigenvalue weighted by molar-refractivity contribution is 0.0600.